The summed E-state index contributed by atoms with van der Waals surface area (Å²) in [5.74, 6) is 2.96. The third-order valence-corrected chi connectivity index (χ3v) is 2.57. The van der Waals surface area contributed by atoms with Gasteiger partial charge in [0.25, 0.3) is 0 Å². The van der Waals surface area contributed by atoms with Crippen LogP contribution in [-0.2, 0) is 4.79 Å². The highest BCUT2D eigenvalue weighted by Gasteiger charge is 2.14. The molecule has 0 spiro atoms. The lowest BCUT2D eigenvalue weighted by atomic mass is 10.0. The number of rotatable bonds is 8. The van der Waals surface area contributed by atoms with E-state index in [1.165, 1.54) is 0 Å². The van der Waals surface area contributed by atoms with E-state index in [9.17, 15) is 4.79 Å². The molecule has 1 atom stereocenters. The molecule has 16 heavy (non-hydrogen) atoms. The number of nitrogens with one attached hydrogen (secondary N) is 1. The lowest BCUT2D eigenvalue weighted by Crippen LogP contribution is -2.39. The first kappa shape index (κ1) is 15.0. The zero-order valence-corrected chi connectivity index (χ0v) is 10.3. The SMILES string of the molecule is C#CCCCCC(=O)NC(CCO)C(C)C. The van der Waals surface area contributed by atoms with Gasteiger partial charge in [0, 0.05) is 25.5 Å². The molecule has 0 aromatic carbocycles. The van der Waals surface area contributed by atoms with Gasteiger partial charge in [-0.15, -0.1) is 12.3 Å². The van der Waals surface area contributed by atoms with E-state index in [0.717, 1.165) is 19.3 Å². The van der Waals surface area contributed by atoms with Gasteiger partial charge in [-0.2, -0.15) is 0 Å². The Labute approximate surface area is 98.6 Å². The van der Waals surface area contributed by atoms with Gasteiger partial charge in [-0.1, -0.05) is 13.8 Å². The molecule has 3 nitrogen and oxygen atoms in total. The summed E-state index contributed by atoms with van der Waals surface area (Å²) in [5, 5.41) is 11.8. The molecule has 0 fully saturated rings. The largest absolute Gasteiger partial charge is 0.396 e. The van der Waals surface area contributed by atoms with Crippen molar-refractivity contribution >= 4 is 5.91 Å². The van der Waals surface area contributed by atoms with Crippen LogP contribution in [0.15, 0.2) is 0 Å². The van der Waals surface area contributed by atoms with Crippen LogP contribution in [0.25, 0.3) is 0 Å². The minimum Gasteiger partial charge on any atom is -0.396 e. The Kier molecular flexibility index (Phi) is 8.65. The van der Waals surface area contributed by atoms with E-state index in [4.69, 9.17) is 11.5 Å². The second-order valence-corrected chi connectivity index (χ2v) is 4.34. The predicted octanol–water partition coefficient (Wildman–Crippen LogP) is 1.70. The number of hydrogen-bond donors (Lipinski definition) is 2. The van der Waals surface area contributed by atoms with Crippen molar-refractivity contribution in [1.82, 2.24) is 5.32 Å². The van der Waals surface area contributed by atoms with E-state index >= 15 is 0 Å². The van der Waals surface area contributed by atoms with Gasteiger partial charge in [-0.25, -0.2) is 0 Å². The Hall–Kier alpha value is -1.01. The van der Waals surface area contributed by atoms with Crippen LogP contribution in [0.3, 0.4) is 0 Å². The maximum Gasteiger partial charge on any atom is 0.220 e. The average molecular weight is 225 g/mol. The highest BCUT2D eigenvalue weighted by atomic mass is 16.3. The lowest BCUT2D eigenvalue weighted by molar-refractivity contribution is -0.122. The quantitative estimate of drug-likeness (QED) is 0.488. The van der Waals surface area contributed by atoms with Crippen LogP contribution in [0.1, 0.15) is 46.0 Å². The fourth-order valence-corrected chi connectivity index (χ4v) is 1.50. The third-order valence-electron chi connectivity index (χ3n) is 2.57. The molecule has 1 amide bonds. The van der Waals surface area contributed by atoms with Gasteiger partial charge in [-0.05, 0) is 25.2 Å². The highest BCUT2D eigenvalue weighted by Crippen LogP contribution is 2.07. The van der Waals surface area contributed by atoms with Gasteiger partial charge in [0.2, 0.25) is 5.91 Å². The summed E-state index contributed by atoms with van der Waals surface area (Å²) in [6, 6.07) is 0.0742. The molecule has 0 radical (unpaired) electrons. The molecular weight excluding hydrogens is 202 g/mol. The van der Waals surface area contributed by atoms with Crippen molar-refractivity contribution in [2.24, 2.45) is 5.92 Å². The van der Waals surface area contributed by atoms with Crippen molar-refractivity contribution < 1.29 is 9.90 Å². The first-order chi connectivity index (χ1) is 7.61. The normalized spacial score (nSPS) is 12.2. The number of unbranched alkanes of at least 4 members (excludes halogenated alkanes) is 2. The van der Waals surface area contributed by atoms with Crippen molar-refractivity contribution in [1.29, 1.82) is 0 Å². The number of aliphatic hydroxyl groups is 1. The number of amides is 1. The topological polar surface area (TPSA) is 49.3 Å². The van der Waals surface area contributed by atoms with Gasteiger partial charge in [0.15, 0.2) is 0 Å². The van der Waals surface area contributed by atoms with Crippen LogP contribution in [0.4, 0.5) is 0 Å². The molecule has 3 heteroatoms. The maximum atomic E-state index is 11.6. The number of carbonyl (C=O) groups excluding carboxylic acids is 1. The summed E-state index contributed by atoms with van der Waals surface area (Å²) in [4.78, 5) is 11.6. The number of aliphatic hydroxyl groups excluding tert-OH is 1. The van der Waals surface area contributed by atoms with Crippen molar-refractivity contribution in [2.45, 2.75) is 52.0 Å². The third kappa shape index (κ3) is 7.30. The van der Waals surface area contributed by atoms with Gasteiger partial charge in [0.05, 0.1) is 0 Å². The molecule has 0 aliphatic rings. The molecule has 0 heterocycles. The average Bonchev–Trinajstić information content (AvgIpc) is 2.23. The van der Waals surface area contributed by atoms with E-state index in [1.807, 2.05) is 13.8 Å². The Morgan fingerprint density at radius 2 is 2.12 bits per heavy atom. The summed E-state index contributed by atoms with van der Waals surface area (Å²) in [6.07, 6.45) is 8.74. The smallest absolute Gasteiger partial charge is 0.220 e. The zero-order chi connectivity index (χ0) is 12.4. The first-order valence-electron chi connectivity index (χ1n) is 5.95. The molecule has 92 valence electrons. The van der Waals surface area contributed by atoms with Crippen molar-refractivity contribution in [3.63, 3.8) is 0 Å². The molecular formula is C13H23NO2. The fraction of sp³-hybridized carbons (Fsp3) is 0.769. The molecule has 0 aromatic rings. The number of carbonyl (C=O) groups is 1. The Bertz CT molecular complexity index is 231. The lowest BCUT2D eigenvalue weighted by Gasteiger charge is -2.21. The second-order valence-electron chi connectivity index (χ2n) is 4.34. The minimum absolute atomic E-state index is 0.0594. The summed E-state index contributed by atoms with van der Waals surface area (Å²) < 4.78 is 0. The standard InChI is InChI=1S/C13H23NO2/c1-4-5-6-7-8-13(16)14-12(9-10-15)11(2)3/h1,11-12,15H,5-10H2,2-3H3,(H,14,16). The minimum atomic E-state index is 0.0594. The van der Waals surface area contributed by atoms with E-state index in [-0.39, 0.29) is 18.6 Å². The summed E-state index contributed by atoms with van der Waals surface area (Å²) >= 11 is 0. The van der Waals surface area contributed by atoms with Crippen LogP contribution in [0.5, 0.6) is 0 Å². The fourth-order valence-electron chi connectivity index (χ4n) is 1.50. The van der Waals surface area contributed by atoms with E-state index in [2.05, 4.69) is 11.2 Å². The summed E-state index contributed by atoms with van der Waals surface area (Å²) in [7, 11) is 0. The summed E-state index contributed by atoms with van der Waals surface area (Å²) in [5.41, 5.74) is 0. The number of hydrogen-bond acceptors (Lipinski definition) is 2. The molecule has 2 N–H and O–H groups in total. The van der Waals surface area contributed by atoms with Gasteiger partial charge < -0.3 is 10.4 Å². The molecule has 0 saturated heterocycles. The van der Waals surface area contributed by atoms with Gasteiger partial charge in [0.1, 0.15) is 0 Å². The predicted molar refractivity (Wildman–Crippen MR) is 65.8 cm³/mol. The van der Waals surface area contributed by atoms with Crippen LogP contribution in [0.2, 0.25) is 0 Å². The Balaban J connectivity index is 3.78. The highest BCUT2D eigenvalue weighted by molar-refractivity contribution is 5.76. The molecule has 0 rings (SSSR count). The molecule has 0 aliphatic heterocycles. The van der Waals surface area contributed by atoms with Crippen LogP contribution < -0.4 is 5.32 Å². The van der Waals surface area contributed by atoms with Gasteiger partial charge >= 0.3 is 0 Å². The van der Waals surface area contributed by atoms with E-state index in [1.54, 1.807) is 0 Å². The number of terminal acetylenes is 1. The molecule has 0 saturated carbocycles. The Morgan fingerprint density at radius 3 is 2.62 bits per heavy atom. The van der Waals surface area contributed by atoms with E-state index in [0.29, 0.717) is 18.8 Å². The van der Waals surface area contributed by atoms with Crippen LogP contribution >= 0.6 is 0 Å². The molecule has 0 aromatic heterocycles. The first-order valence-corrected chi connectivity index (χ1v) is 5.95. The Morgan fingerprint density at radius 1 is 1.44 bits per heavy atom. The second kappa shape index (κ2) is 9.23. The van der Waals surface area contributed by atoms with E-state index < -0.39 is 0 Å². The summed E-state index contributed by atoms with van der Waals surface area (Å²) in [6.45, 7) is 4.19. The molecule has 1 unspecified atom stereocenters. The van der Waals surface area contributed by atoms with Crippen LogP contribution in [0, 0.1) is 18.3 Å². The maximum absolute atomic E-state index is 11.6. The zero-order valence-electron chi connectivity index (χ0n) is 10.3. The molecule has 0 bridgehead atoms. The van der Waals surface area contributed by atoms with Gasteiger partial charge in [-0.3, -0.25) is 4.79 Å². The molecule has 0 aliphatic carbocycles. The van der Waals surface area contributed by atoms with Crippen molar-refractivity contribution in [2.75, 3.05) is 6.61 Å². The van der Waals surface area contributed by atoms with Crippen molar-refractivity contribution in [3.05, 3.63) is 0 Å². The van der Waals surface area contributed by atoms with Crippen molar-refractivity contribution in [3.8, 4) is 12.3 Å². The monoisotopic (exact) mass is 225 g/mol. The van der Waals surface area contributed by atoms with Crippen LogP contribution in [-0.4, -0.2) is 23.7 Å².